The molecule has 2 aromatic rings. The van der Waals surface area contributed by atoms with Crippen LogP contribution in [0.25, 0.3) is 0 Å². The zero-order valence-electron chi connectivity index (χ0n) is 10.5. The summed E-state index contributed by atoms with van der Waals surface area (Å²) < 4.78 is 10.6. The van der Waals surface area contributed by atoms with Gasteiger partial charge in [0.2, 0.25) is 0 Å². The van der Waals surface area contributed by atoms with Gasteiger partial charge in [-0.1, -0.05) is 12.1 Å². The number of aromatic nitrogens is 1. The Kier molecular flexibility index (Phi) is 6.82. The molecule has 0 spiro atoms. The lowest BCUT2D eigenvalue weighted by Gasteiger charge is -2.17. The highest BCUT2D eigenvalue weighted by molar-refractivity contribution is 5.40. The number of nitrogens with zero attached hydrogens (tertiary/aromatic N) is 1. The molecule has 0 amide bonds. The number of ether oxygens (including phenoxy) is 2. The summed E-state index contributed by atoms with van der Waals surface area (Å²) in [6.45, 7) is 4.44. The number of hydrogen-bond acceptors (Lipinski definition) is 3. The molecule has 4 nitrogen and oxygen atoms in total. The minimum absolute atomic E-state index is 0.664. The molecule has 0 unspecified atom stereocenters. The van der Waals surface area contributed by atoms with E-state index >= 15 is 0 Å². The number of hydrogen-bond donors (Lipinski definition) is 1. The summed E-state index contributed by atoms with van der Waals surface area (Å²) in [5.74, 6) is 1.71. The molecular formula is C14H18N2O2. The predicted molar refractivity (Wildman–Crippen MR) is 73.7 cm³/mol. The minimum atomic E-state index is 0.664. The number of rotatable bonds is 0. The van der Waals surface area contributed by atoms with E-state index in [0.717, 1.165) is 11.5 Å². The van der Waals surface area contributed by atoms with Crippen molar-refractivity contribution >= 4 is 6.72 Å². The van der Waals surface area contributed by atoms with Gasteiger partial charge < -0.3 is 19.5 Å². The Bertz CT molecular complexity index is 385. The van der Waals surface area contributed by atoms with E-state index < -0.39 is 0 Å². The molecule has 1 aliphatic heterocycles. The quantitative estimate of drug-likeness (QED) is 0.726. The van der Waals surface area contributed by atoms with Crippen LogP contribution in [0.15, 0.2) is 53.8 Å². The molecule has 0 bridgehead atoms. The van der Waals surface area contributed by atoms with Crippen molar-refractivity contribution in [3.8, 4) is 11.5 Å². The molecule has 0 atom stereocenters. The number of H-pyrrole nitrogens is 1. The second-order valence-corrected chi connectivity index (χ2v) is 3.34. The van der Waals surface area contributed by atoms with Gasteiger partial charge >= 0.3 is 0 Å². The summed E-state index contributed by atoms with van der Waals surface area (Å²) >= 11 is 0. The van der Waals surface area contributed by atoms with Crippen molar-refractivity contribution in [3.05, 3.63) is 48.8 Å². The lowest BCUT2D eigenvalue weighted by atomic mass is 10.3. The number of nitrogens with one attached hydrogen (secondary N) is 1. The van der Waals surface area contributed by atoms with Gasteiger partial charge in [0, 0.05) is 19.4 Å². The Hall–Kier alpha value is -2.23. The van der Waals surface area contributed by atoms with Gasteiger partial charge in [-0.15, -0.1) is 0 Å². The van der Waals surface area contributed by atoms with Crippen molar-refractivity contribution in [1.29, 1.82) is 0 Å². The van der Waals surface area contributed by atoms with E-state index in [2.05, 4.69) is 16.7 Å². The largest absolute Gasteiger partial charge is 0.486 e. The van der Waals surface area contributed by atoms with Crippen molar-refractivity contribution in [1.82, 2.24) is 4.98 Å². The molecule has 0 saturated carbocycles. The number of fused-ring (bicyclic) bond motifs is 1. The van der Waals surface area contributed by atoms with Gasteiger partial charge in [0.05, 0.1) is 0 Å². The van der Waals surface area contributed by atoms with Gasteiger partial charge in [0.25, 0.3) is 0 Å². The molecule has 1 N–H and O–H groups in total. The molecule has 0 radical (unpaired) electrons. The van der Waals surface area contributed by atoms with Crippen molar-refractivity contribution in [3.63, 3.8) is 0 Å². The fraction of sp³-hybridized carbons (Fsp3) is 0.214. The molecule has 3 rings (SSSR count). The number of aliphatic imine (C=N–C) groups is 1. The van der Waals surface area contributed by atoms with Gasteiger partial charge in [-0.05, 0) is 31.0 Å². The highest BCUT2D eigenvalue weighted by Gasteiger charge is 2.07. The Labute approximate surface area is 107 Å². The van der Waals surface area contributed by atoms with Crippen LogP contribution in [0.3, 0.4) is 0 Å². The number of para-hydroxylation sites is 2. The summed E-state index contributed by atoms with van der Waals surface area (Å²) in [7, 11) is 1.64. The maximum absolute atomic E-state index is 5.30. The van der Waals surface area contributed by atoms with Gasteiger partial charge in [0.1, 0.15) is 13.2 Å². The van der Waals surface area contributed by atoms with Gasteiger partial charge in [-0.3, -0.25) is 0 Å². The molecule has 2 heterocycles. The van der Waals surface area contributed by atoms with Crippen LogP contribution < -0.4 is 9.47 Å². The Morgan fingerprint density at radius 3 is 1.78 bits per heavy atom. The second kappa shape index (κ2) is 8.87. The fourth-order valence-electron chi connectivity index (χ4n) is 1.27. The highest BCUT2D eigenvalue weighted by Crippen LogP contribution is 2.28. The fourth-order valence-corrected chi connectivity index (χ4v) is 1.27. The minimum Gasteiger partial charge on any atom is -0.486 e. The van der Waals surface area contributed by atoms with Crippen molar-refractivity contribution < 1.29 is 9.47 Å². The molecule has 0 saturated heterocycles. The molecule has 18 heavy (non-hydrogen) atoms. The molecule has 0 fully saturated rings. The van der Waals surface area contributed by atoms with Gasteiger partial charge in [0.15, 0.2) is 11.5 Å². The lowest BCUT2D eigenvalue weighted by molar-refractivity contribution is 0.171. The first-order chi connectivity index (χ1) is 8.88. The number of benzene rings is 1. The van der Waals surface area contributed by atoms with Gasteiger partial charge in [-0.2, -0.15) is 0 Å². The van der Waals surface area contributed by atoms with Crippen LogP contribution >= 0.6 is 0 Å². The van der Waals surface area contributed by atoms with Crippen LogP contribution in [0, 0.1) is 0 Å². The van der Waals surface area contributed by atoms with E-state index in [1.165, 1.54) is 0 Å². The zero-order chi connectivity index (χ0) is 13.1. The molecule has 1 aromatic carbocycles. The van der Waals surface area contributed by atoms with E-state index in [1.54, 1.807) is 7.05 Å². The molecule has 4 heteroatoms. The highest BCUT2D eigenvalue weighted by atomic mass is 16.6. The smallest absolute Gasteiger partial charge is 0.161 e. The summed E-state index contributed by atoms with van der Waals surface area (Å²) in [4.78, 5) is 6.11. The van der Waals surface area contributed by atoms with E-state index in [9.17, 15) is 0 Å². The van der Waals surface area contributed by atoms with Gasteiger partial charge in [-0.25, -0.2) is 0 Å². The molecule has 96 valence electrons. The van der Waals surface area contributed by atoms with E-state index in [1.807, 2.05) is 48.8 Å². The summed E-state index contributed by atoms with van der Waals surface area (Å²) in [6, 6.07) is 11.6. The molecule has 1 aliphatic rings. The van der Waals surface area contributed by atoms with Crippen LogP contribution in [0.5, 0.6) is 11.5 Å². The molecule has 1 aromatic heterocycles. The third kappa shape index (κ3) is 5.21. The topological polar surface area (TPSA) is 46.6 Å². The normalized spacial score (nSPS) is 11.2. The molecule has 0 aliphatic carbocycles. The number of aromatic amines is 1. The lowest BCUT2D eigenvalue weighted by Crippen LogP contribution is -2.14. The van der Waals surface area contributed by atoms with E-state index in [-0.39, 0.29) is 0 Å². The van der Waals surface area contributed by atoms with Crippen LogP contribution in [0.4, 0.5) is 0 Å². The first kappa shape index (κ1) is 13.8. The third-order valence-corrected chi connectivity index (χ3v) is 1.94. The first-order valence-electron chi connectivity index (χ1n) is 5.65. The van der Waals surface area contributed by atoms with Crippen LogP contribution in [-0.4, -0.2) is 32.0 Å². The summed E-state index contributed by atoms with van der Waals surface area (Å²) in [5.41, 5.74) is 0. The standard InChI is InChI=1S/C8H8O2.C4H5N.C2H5N/c1-2-4-8-7(3-1)9-5-6-10-8;1-2-4-5-3-1;1-3-2/h1-4H,5-6H2;1-5H;1H2,2H3. The average molecular weight is 246 g/mol. The predicted octanol–water partition coefficient (Wildman–Crippen LogP) is 2.79. The zero-order valence-corrected chi connectivity index (χ0v) is 10.5. The van der Waals surface area contributed by atoms with Crippen LogP contribution in [-0.2, 0) is 0 Å². The van der Waals surface area contributed by atoms with E-state index in [0.29, 0.717) is 13.2 Å². The van der Waals surface area contributed by atoms with E-state index in [4.69, 9.17) is 9.47 Å². The van der Waals surface area contributed by atoms with Crippen molar-refractivity contribution in [2.75, 3.05) is 20.3 Å². The Balaban J connectivity index is 0.000000170. The van der Waals surface area contributed by atoms with Crippen LogP contribution in [0.1, 0.15) is 0 Å². The SMILES string of the molecule is C=NC.c1cc[nH]c1.c1ccc2c(c1)OCCO2. The van der Waals surface area contributed by atoms with Crippen molar-refractivity contribution in [2.45, 2.75) is 0 Å². The Morgan fingerprint density at radius 2 is 1.44 bits per heavy atom. The van der Waals surface area contributed by atoms with Crippen LogP contribution in [0.2, 0.25) is 0 Å². The summed E-state index contributed by atoms with van der Waals surface area (Å²) in [6.07, 6.45) is 3.75. The maximum Gasteiger partial charge on any atom is 0.161 e. The van der Waals surface area contributed by atoms with Crippen molar-refractivity contribution in [2.24, 2.45) is 4.99 Å². The third-order valence-electron chi connectivity index (χ3n) is 1.94. The monoisotopic (exact) mass is 246 g/mol. The second-order valence-electron chi connectivity index (χ2n) is 3.34. The first-order valence-corrected chi connectivity index (χ1v) is 5.65. The Morgan fingerprint density at radius 1 is 1.00 bits per heavy atom. The summed E-state index contributed by atoms with van der Waals surface area (Å²) in [5, 5.41) is 0. The maximum atomic E-state index is 5.30. The molecular weight excluding hydrogens is 228 g/mol. The average Bonchev–Trinajstić information content (AvgIpc) is 2.99.